The third-order valence-electron chi connectivity index (χ3n) is 5.37. The molecule has 1 saturated heterocycles. The van der Waals surface area contributed by atoms with Gasteiger partial charge >= 0.3 is 0 Å². The summed E-state index contributed by atoms with van der Waals surface area (Å²) in [4.78, 5) is 12.8. The van der Waals surface area contributed by atoms with Crippen molar-refractivity contribution in [1.82, 2.24) is 29.5 Å². The summed E-state index contributed by atoms with van der Waals surface area (Å²) in [7, 11) is 0. The van der Waals surface area contributed by atoms with Crippen molar-refractivity contribution in [1.29, 1.82) is 5.26 Å². The van der Waals surface area contributed by atoms with Gasteiger partial charge in [-0.2, -0.15) is 10.2 Å². The van der Waals surface area contributed by atoms with Crippen LogP contribution in [-0.4, -0.2) is 54.9 Å². The zero-order valence-corrected chi connectivity index (χ0v) is 15.7. The van der Waals surface area contributed by atoms with Crippen LogP contribution in [0.25, 0.3) is 5.65 Å². The Hall–Kier alpha value is -3.32. The lowest BCUT2D eigenvalue weighted by Crippen LogP contribution is -2.39. The molecule has 148 valence electrons. The van der Waals surface area contributed by atoms with E-state index in [1.165, 1.54) is 6.20 Å². The minimum atomic E-state index is -0.0559. The van der Waals surface area contributed by atoms with Gasteiger partial charge in [0.15, 0.2) is 5.65 Å². The van der Waals surface area contributed by atoms with Crippen LogP contribution < -0.4 is 10.1 Å². The average molecular weight is 392 g/mol. The molecule has 3 aromatic rings. The van der Waals surface area contributed by atoms with Gasteiger partial charge in [-0.1, -0.05) is 6.42 Å². The Labute approximate surface area is 166 Å². The molecule has 0 unspecified atom stereocenters. The van der Waals surface area contributed by atoms with E-state index in [0.717, 1.165) is 37.2 Å². The molecule has 2 fully saturated rings. The van der Waals surface area contributed by atoms with E-state index < -0.39 is 0 Å². The highest BCUT2D eigenvalue weighted by Gasteiger charge is 2.28. The van der Waals surface area contributed by atoms with Crippen LogP contribution in [0.4, 0.5) is 5.95 Å². The van der Waals surface area contributed by atoms with Gasteiger partial charge in [0, 0.05) is 24.4 Å². The molecule has 1 saturated carbocycles. The van der Waals surface area contributed by atoms with E-state index in [2.05, 4.69) is 36.5 Å². The lowest BCUT2D eigenvalue weighted by molar-refractivity contribution is -0.0814. The predicted octanol–water partition coefficient (Wildman–Crippen LogP) is 1.70. The molecule has 1 aliphatic carbocycles. The fourth-order valence-electron chi connectivity index (χ4n) is 3.83. The standard InChI is InChI=1S/C19H20N8O2/c20-7-13-8-22-19(24-18(13)29-15-10-28-11-15)23-14-3-1-2-12(6-14)17-26-25-16-9-21-4-5-27(16)17/h4-5,8-9,12,14-15H,1-3,6,10-11H2,(H,22,23,24)/t12-,14+/m0/s1. The van der Waals surface area contributed by atoms with Gasteiger partial charge in [-0.15, -0.1) is 10.2 Å². The molecular weight excluding hydrogens is 372 g/mol. The van der Waals surface area contributed by atoms with E-state index in [4.69, 9.17) is 9.47 Å². The Morgan fingerprint density at radius 2 is 2.17 bits per heavy atom. The third-order valence-corrected chi connectivity index (χ3v) is 5.37. The normalized spacial score (nSPS) is 22.0. The van der Waals surface area contributed by atoms with Crippen molar-refractivity contribution in [2.45, 2.75) is 43.7 Å². The predicted molar refractivity (Wildman–Crippen MR) is 101 cm³/mol. The fraction of sp³-hybridized carbons (Fsp3) is 0.474. The number of ether oxygens (including phenoxy) is 2. The lowest BCUT2D eigenvalue weighted by atomic mass is 9.85. The summed E-state index contributed by atoms with van der Waals surface area (Å²) < 4.78 is 12.9. The highest BCUT2D eigenvalue weighted by molar-refractivity contribution is 5.41. The zero-order chi connectivity index (χ0) is 19.6. The maximum Gasteiger partial charge on any atom is 0.237 e. The van der Waals surface area contributed by atoms with Gasteiger partial charge in [0.25, 0.3) is 0 Å². The van der Waals surface area contributed by atoms with Crippen molar-refractivity contribution in [2.75, 3.05) is 18.5 Å². The van der Waals surface area contributed by atoms with Gasteiger partial charge in [0.05, 0.1) is 25.6 Å². The minimum absolute atomic E-state index is 0.0559. The number of nitrogens with zero attached hydrogens (tertiary/aromatic N) is 7. The molecule has 0 spiro atoms. The molecular formula is C19H20N8O2. The number of hydrogen-bond acceptors (Lipinski definition) is 9. The topological polar surface area (TPSA) is 123 Å². The van der Waals surface area contributed by atoms with Crippen molar-refractivity contribution < 1.29 is 9.47 Å². The van der Waals surface area contributed by atoms with Crippen molar-refractivity contribution in [3.8, 4) is 11.9 Å². The summed E-state index contributed by atoms with van der Waals surface area (Å²) in [5.74, 6) is 2.03. The molecule has 5 rings (SSSR count). The fourth-order valence-corrected chi connectivity index (χ4v) is 3.83. The van der Waals surface area contributed by atoms with Crippen LogP contribution in [-0.2, 0) is 4.74 Å². The summed E-state index contributed by atoms with van der Waals surface area (Å²) in [5.41, 5.74) is 1.09. The number of fused-ring (bicyclic) bond motifs is 1. The first-order valence-corrected chi connectivity index (χ1v) is 9.73. The van der Waals surface area contributed by atoms with E-state index in [9.17, 15) is 5.26 Å². The highest BCUT2D eigenvalue weighted by Crippen LogP contribution is 2.33. The van der Waals surface area contributed by atoms with Gasteiger partial charge in [-0.25, -0.2) is 4.98 Å². The van der Waals surface area contributed by atoms with Crippen LogP contribution in [0.3, 0.4) is 0 Å². The van der Waals surface area contributed by atoms with E-state index in [0.29, 0.717) is 36.5 Å². The first kappa shape index (κ1) is 17.8. The highest BCUT2D eigenvalue weighted by atomic mass is 16.6. The summed E-state index contributed by atoms with van der Waals surface area (Å²) in [6.45, 7) is 1.04. The molecule has 2 atom stereocenters. The Morgan fingerprint density at radius 3 is 3.00 bits per heavy atom. The zero-order valence-electron chi connectivity index (χ0n) is 15.7. The third kappa shape index (κ3) is 3.56. The van der Waals surface area contributed by atoms with Crippen LogP contribution >= 0.6 is 0 Å². The Kier molecular flexibility index (Phi) is 4.65. The molecule has 0 radical (unpaired) electrons. The van der Waals surface area contributed by atoms with Crippen molar-refractivity contribution in [3.05, 3.63) is 36.2 Å². The van der Waals surface area contributed by atoms with E-state index in [1.54, 1.807) is 12.4 Å². The number of nitrogens with one attached hydrogen (secondary N) is 1. The second-order valence-electron chi connectivity index (χ2n) is 7.37. The smallest absolute Gasteiger partial charge is 0.237 e. The van der Waals surface area contributed by atoms with Gasteiger partial charge in [-0.05, 0) is 19.3 Å². The molecule has 0 bridgehead atoms. The molecule has 1 aliphatic heterocycles. The largest absolute Gasteiger partial charge is 0.468 e. The molecule has 4 heterocycles. The quantitative estimate of drug-likeness (QED) is 0.691. The maximum absolute atomic E-state index is 9.28. The summed E-state index contributed by atoms with van der Waals surface area (Å²) >= 11 is 0. The number of nitriles is 1. The Bertz CT molecular complexity index is 1060. The first-order chi connectivity index (χ1) is 14.3. The van der Waals surface area contributed by atoms with E-state index >= 15 is 0 Å². The van der Waals surface area contributed by atoms with Crippen LogP contribution in [0.1, 0.15) is 43.0 Å². The Morgan fingerprint density at radius 1 is 1.24 bits per heavy atom. The number of aromatic nitrogens is 6. The number of anilines is 1. The monoisotopic (exact) mass is 392 g/mol. The first-order valence-electron chi connectivity index (χ1n) is 9.73. The Balaban J connectivity index is 1.31. The van der Waals surface area contributed by atoms with E-state index in [1.807, 2.05) is 10.6 Å². The van der Waals surface area contributed by atoms with Crippen molar-refractivity contribution >= 4 is 11.6 Å². The summed E-state index contributed by atoms with van der Waals surface area (Å²) in [5, 5.41) is 21.3. The molecule has 2 aliphatic rings. The lowest BCUT2D eigenvalue weighted by Gasteiger charge is -2.29. The maximum atomic E-state index is 9.28. The van der Waals surface area contributed by atoms with Crippen molar-refractivity contribution in [3.63, 3.8) is 0 Å². The van der Waals surface area contributed by atoms with E-state index in [-0.39, 0.29) is 12.1 Å². The second-order valence-corrected chi connectivity index (χ2v) is 7.37. The summed E-state index contributed by atoms with van der Waals surface area (Å²) in [6.07, 6.45) is 10.9. The molecule has 29 heavy (non-hydrogen) atoms. The van der Waals surface area contributed by atoms with Crippen LogP contribution in [0.2, 0.25) is 0 Å². The molecule has 10 nitrogen and oxygen atoms in total. The van der Waals surface area contributed by atoms with Crippen LogP contribution in [0.15, 0.2) is 24.8 Å². The molecule has 3 aromatic heterocycles. The van der Waals surface area contributed by atoms with Gasteiger partial charge in [0.1, 0.15) is 23.6 Å². The molecule has 0 aromatic carbocycles. The number of hydrogen-bond donors (Lipinski definition) is 1. The van der Waals surface area contributed by atoms with Gasteiger partial charge in [-0.3, -0.25) is 9.38 Å². The van der Waals surface area contributed by atoms with Gasteiger partial charge in [0.2, 0.25) is 11.8 Å². The average Bonchev–Trinajstić information content (AvgIpc) is 3.15. The SMILES string of the molecule is N#Cc1cnc(N[C@@H]2CCC[C@H](c3nnc4cnccn34)C2)nc1OC1COC1. The minimum Gasteiger partial charge on any atom is -0.468 e. The van der Waals surface area contributed by atoms with Crippen LogP contribution in [0, 0.1) is 11.3 Å². The molecule has 1 N–H and O–H groups in total. The number of rotatable bonds is 5. The molecule has 0 amide bonds. The van der Waals surface area contributed by atoms with Gasteiger partial charge < -0.3 is 14.8 Å². The van der Waals surface area contributed by atoms with Crippen molar-refractivity contribution in [2.24, 2.45) is 0 Å². The second kappa shape index (κ2) is 7.60. The summed E-state index contributed by atoms with van der Waals surface area (Å²) in [6, 6.07) is 2.29. The molecule has 10 heteroatoms. The van der Waals surface area contributed by atoms with Crippen LogP contribution in [0.5, 0.6) is 5.88 Å².